The molecule has 0 aliphatic carbocycles. The number of carbonyl (C=O) groups is 1. The summed E-state index contributed by atoms with van der Waals surface area (Å²) in [7, 11) is 0. The molecule has 1 heterocycles. The largest absolute Gasteiger partial charge is 0.388 e. The van der Waals surface area contributed by atoms with Crippen LogP contribution in [0.5, 0.6) is 0 Å². The maximum Gasteiger partial charge on any atom is 0.222 e. The van der Waals surface area contributed by atoms with Crippen LogP contribution in [0.1, 0.15) is 47.6 Å². The van der Waals surface area contributed by atoms with Gasteiger partial charge in [0.2, 0.25) is 5.91 Å². The lowest BCUT2D eigenvalue weighted by Crippen LogP contribution is -2.39. The highest BCUT2D eigenvalue weighted by molar-refractivity contribution is 5.76. The number of hydrogen-bond donors (Lipinski definition) is 1. The number of piperidine rings is 1. The van der Waals surface area contributed by atoms with Crippen molar-refractivity contribution in [1.29, 1.82) is 0 Å². The smallest absolute Gasteiger partial charge is 0.222 e. The standard InChI is InChI=1S/C23H29NO2/c1-17-8-9-19(18(2)16-17)10-11-22(25)24-14-12-21(13-15-24)23(26)20-6-4-3-5-7-20/h3-9,16,21,23,26H,10-15H2,1-2H3. The molecule has 1 fully saturated rings. The van der Waals surface area contributed by atoms with Crippen LogP contribution >= 0.6 is 0 Å². The lowest BCUT2D eigenvalue weighted by Gasteiger charge is -2.34. The molecule has 0 aromatic heterocycles. The minimum atomic E-state index is -0.427. The second kappa shape index (κ2) is 8.50. The van der Waals surface area contributed by atoms with Gasteiger partial charge in [-0.3, -0.25) is 4.79 Å². The summed E-state index contributed by atoms with van der Waals surface area (Å²) in [6, 6.07) is 16.3. The predicted octanol–water partition coefficient (Wildman–Crippen LogP) is 4.21. The van der Waals surface area contributed by atoms with Gasteiger partial charge in [0.25, 0.3) is 0 Å². The van der Waals surface area contributed by atoms with Crippen LogP contribution in [0.4, 0.5) is 0 Å². The number of rotatable bonds is 5. The number of carbonyl (C=O) groups excluding carboxylic acids is 1. The van der Waals surface area contributed by atoms with Gasteiger partial charge in [-0.2, -0.15) is 0 Å². The van der Waals surface area contributed by atoms with Crippen LogP contribution in [0.2, 0.25) is 0 Å². The molecular formula is C23H29NO2. The topological polar surface area (TPSA) is 40.5 Å². The van der Waals surface area contributed by atoms with Gasteiger partial charge in [-0.05, 0) is 55.7 Å². The summed E-state index contributed by atoms with van der Waals surface area (Å²) in [5, 5.41) is 10.6. The Morgan fingerprint density at radius 1 is 1.12 bits per heavy atom. The summed E-state index contributed by atoms with van der Waals surface area (Å²) in [5.41, 5.74) is 4.77. The minimum absolute atomic E-state index is 0.234. The molecule has 26 heavy (non-hydrogen) atoms. The first-order valence-electron chi connectivity index (χ1n) is 9.61. The first kappa shape index (κ1) is 18.7. The number of aliphatic hydroxyl groups is 1. The van der Waals surface area contributed by atoms with Crippen molar-refractivity contribution in [1.82, 2.24) is 4.90 Å². The second-order valence-electron chi connectivity index (χ2n) is 7.50. The van der Waals surface area contributed by atoms with Crippen molar-refractivity contribution < 1.29 is 9.90 Å². The number of aryl methyl sites for hydroxylation is 3. The fourth-order valence-electron chi connectivity index (χ4n) is 3.91. The van der Waals surface area contributed by atoms with Crippen LogP contribution in [-0.4, -0.2) is 29.0 Å². The van der Waals surface area contributed by atoms with Crippen LogP contribution in [0.25, 0.3) is 0 Å². The van der Waals surface area contributed by atoms with Crippen molar-refractivity contribution in [3.63, 3.8) is 0 Å². The molecule has 1 aliphatic rings. The van der Waals surface area contributed by atoms with Crippen LogP contribution in [0.3, 0.4) is 0 Å². The summed E-state index contributed by atoms with van der Waals surface area (Å²) in [5.74, 6) is 0.471. The molecule has 0 saturated carbocycles. The number of likely N-dealkylation sites (tertiary alicyclic amines) is 1. The fourth-order valence-corrected chi connectivity index (χ4v) is 3.91. The van der Waals surface area contributed by atoms with E-state index in [1.807, 2.05) is 35.2 Å². The molecule has 3 heteroatoms. The molecule has 1 amide bonds. The Bertz CT molecular complexity index is 733. The van der Waals surface area contributed by atoms with Gasteiger partial charge < -0.3 is 10.0 Å². The molecule has 1 saturated heterocycles. The highest BCUT2D eigenvalue weighted by Crippen LogP contribution is 2.30. The Kier molecular flexibility index (Phi) is 6.10. The number of nitrogens with zero attached hydrogens (tertiary/aromatic N) is 1. The van der Waals surface area contributed by atoms with Gasteiger partial charge in [0.05, 0.1) is 6.10 Å². The second-order valence-corrected chi connectivity index (χ2v) is 7.50. The van der Waals surface area contributed by atoms with Crippen molar-refractivity contribution >= 4 is 5.91 Å². The highest BCUT2D eigenvalue weighted by atomic mass is 16.3. The Morgan fingerprint density at radius 3 is 2.46 bits per heavy atom. The van der Waals surface area contributed by atoms with Crippen LogP contribution in [-0.2, 0) is 11.2 Å². The predicted molar refractivity (Wildman–Crippen MR) is 105 cm³/mol. The van der Waals surface area contributed by atoms with Crippen molar-refractivity contribution in [3.8, 4) is 0 Å². The zero-order chi connectivity index (χ0) is 18.5. The molecule has 2 aromatic carbocycles. The Morgan fingerprint density at radius 2 is 1.81 bits per heavy atom. The Balaban J connectivity index is 1.49. The van der Waals surface area contributed by atoms with Gasteiger partial charge in [-0.25, -0.2) is 0 Å². The fraction of sp³-hybridized carbons (Fsp3) is 0.435. The van der Waals surface area contributed by atoms with Gasteiger partial charge in [-0.1, -0.05) is 54.1 Å². The van der Waals surface area contributed by atoms with Crippen molar-refractivity contribution in [2.24, 2.45) is 5.92 Å². The van der Waals surface area contributed by atoms with Crippen LogP contribution in [0, 0.1) is 19.8 Å². The lowest BCUT2D eigenvalue weighted by molar-refractivity contribution is -0.133. The van der Waals surface area contributed by atoms with Gasteiger partial charge in [0, 0.05) is 19.5 Å². The van der Waals surface area contributed by atoms with Gasteiger partial charge in [0.1, 0.15) is 0 Å². The van der Waals surface area contributed by atoms with Crippen LogP contribution in [0.15, 0.2) is 48.5 Å². The molecule has 1 aliphatic heterocycles. The maximum absolute atomic E-state index is 12.6. The van der Waals surface area contributed by atoms with Crippen molar-refractivity contribution in [2.45, 2.75) is 45.6 Å². The van der Waals surface area contributed by atoms with Gasteiger partial charge in [0.15, 0.2) is 0 Å². The van der Waals surface area contributed by atoms with Gasteiger partial charge in [-0.15, -0.1) is 0 Å². The monoisotopic (exact) mass is 351 g/mol. The average Bonchev–Trinajstić information content (AvgIpc) is 2.67. The zero-order valence-electron chi connectivity index (χ0n) is 15.8. The lowest BCUT2D eigenvalue weighted by atomic mass is 9.87. The third kappa shape index (κ3) is 4.53. The molecule has 0 bridgehead atoms. The molecule has 1 N–H and O–H groups in total. The zero-order valence-corrected chi connectivity index (χ0v) is 15.8. The third-order valence-electron chi connectivity index (χ3n) is 5.59. The maximum atomic E-state index is 12.6. The molecule has 2 aromatic rings. The molecule has 3 rings (SSSR count). The first-order chi connectivity index (χ1) is 12.5. The third-order valence-corrected chi connectivity index (χ3v) is 5.59. The number of amides is 1. The Hall–Kier alpha value is -2.13. The first-order valence-corrected chi connectivity index (χ1v) is 9.61. The van der Waals surface area contributed by atoms with E-state index >= 15 is 0 Å². The van der Waals surface area contributed by atoms with E-state index in [4.69, 9.17) is 0 Å². The van der Waals surface area contributed by atoms with E-state index in [9.17, 15) is 9.90 Å². The molecular weight excluding hydrogens is 322 g/mol. The van der Waals surface area contributed by atoms with E-state index in [-0.39, 0.29) is 11.8 Å². The van der Waals surface area contributed by atoms with E-state index < -0.39 is 6.10 Å². The molecule has 0 radical (unpaired) electrons. The van der Waals surface area contributed by atoms with E-state index in [1.54, 1.807) is 0 Å². The van der Waals surface area contributed by atoms with Crippen molar-refractivity contribution in [2.75, 3.05) is 13.1 Å². The SMILES string of the molecule is Cc1ccc(CCC(=O)N2CCC(C(O)c3ccccc3)CC2)c(C)c1. The van der Waals surface area contributed by atoms with Crippen LogP contribution < -0.4 is 0 Å². The molecule has 0 spiro atoms. The summed E-state index contributed by atoms with van der Waals surface area (Å²) >= 11 is 0. The quantitative estimate of drug-likeness (QED) is 0.877. The number of benzene rings is 2. The number of aliphatic hydroxyl groups excluding tert-OH is 1. The van der Waals surface area contributed by atoms with Crippen molar-refractivity contribution in [3.05, 3.63) is 70.8 Å². The molecule has 138 valence electrons. The van der Waals surface area contributed by atoms with Gasteiger partial charge >= 0.3 is 0 Å². The number of hydrogen-bond acceptors (Lipinski definition) is 2. The minimum Gasteiger partial charge on any atom is -0.388 e. The summed E-state index contributed by atoms with van der Waals surface area (Å²) in [6.45, 7) is 5.71. The summed E-state index contributed by atoms with van der Waals surface area (Å²) in [6.07, 6.45) is 2.67. The summed E-state index contributed by atoms with van der Waals surface area (Å²) < 4.78 is 0. The average molecular weight is 351 g/mol. The van der Waals surface area contributed by atoms with E-state index in [1.165, 1.54) is 16.7 Å². The van der Waals surface area contributed by atoms with E-state index in [0.29, 0.717) is 6.42 Å². The normalized spacial score (nSPS) is 16.5. The van der Waals surface area contributed by atoms with E-state index in [2.05, 4.69) is 32.0 Å². The van der Waals surface area contributed by atoms with E-state index in [0.717, 1.165) is 37.9 Å². The highest BCUT2D eigenvalue weighted by Gasteiger charge is 2.28. The Labute approximate surface area is 156 Å². The molecule has 1 atom stereocenters. The molecule has 3 nitrogen and oxygen atoms in total. The summed E-state index contributed by atoms with van der Waals surface area (Å²) in [4.78, 5) is 14.5. The molecule has 1 unspecified atom stereocenters.